The Morgan fingerprint density at radius 1 is 1.35 bits per heavy atom. The minimum atomic E-state index is 0.235. The molecule has 1 aromatic heterocycles. The van der Waals surface area contributed by atoms with Crippen LogP contribution in [0.2, 0.25) is 0 Å². The summed E-state index contributed by atoms with van der Waals surface area (Å²) in [7, 11) is 0. The van der Waals surface area contributed by atoms with Gasteiger partial charge in [0.05, 0.1) is 6.04 Å². The van der Waals surface area contributed by atoms with Crippen LogP contribution in [0.1, 0.15) is 31.9 Å². The SMILES string of the molecule is CCNC(=NCCCSc1nccs1)NC(C)c1ccccc1. The lowest BCUT2D eigenvalue weighted by atomic mass is 10.1. The predicted molar refractivity (Wildman–Crippen MR) is 101 cm³/mol. The first kappa shape index (κ1) is 17.8. The van der Waals surface area contributed by atoms with E-state index in [4.69, 9.17) is 0 Å². The second-order valence-electron chi connectivity index (χ2n) is 5.04. The molecule has 0 radical (unpaired) electrons. The van der Waals surface area contributed by atoms with E-state index < -0.39 is 0 Å². The summed E-state index contributed by atoms with van der Waals surface area (Å²) in [5, 5.41) is 8.78. The fourth-order valence-corrected chi connectivity index (χ4v) is 3.68. The van der Waals surface area contributed by atoms with Gasteiger partial charge < -0.3 is 10.6 Å². The van der Waals surface area contributed by atoms with Crippen molar-refractivity contribution >= 4 is 29.1 Å². The topological polar surface area (TPSA) is 49.3 Å². The number of rotatable bonds is 8. The molecule has 0 saturated heterocycles. The Bertz CT molecular complexity index is 570. The lowest BCUT2D eigenvalue weighted by Gasteiger charge is -2.18. The zero-order valence-electron chi connectivity index (χ0n) is 13.7. The van der Waals surface area contributed by atoms with E-state index in [9.17, 15) is 0 Å². The summed E-state index contributed by atoms with van der Waals surface area (Å²) in [4.78, 5) is 8.93. The molecule has 0 fully saturated rings. The summed E-state index contributed by atoms with van der Waals surface area (Å²) < 4.78 is 1.14. The minimum absolute atomic E-state index is 0.235. The zero-order valence-corrected chi connectivity index (χ0v) is 15.3. The van der Waals surface area contributed by atoms with Crippen LogP contribution in [0.15, 0.2) is 51.2 Å². The highest BCUT2D eigenvalue weighted by Gasteiger charge is 2.06. The summed E-state index contributed by atoms with van der Waals surface area (Å²) >= 11 is 3.49. The molecule has 1 heterocycles. The predicted octanol–water partition coefficient (Wildman–Crippen LogP) is 3.94. The van der Waals surface area contributed by atoms with E-state index in [0.29, 0.717) is 0 Å². The van der Waals surface area contributed by atoms with Crippen molar-refractivity contribution in [2.45, 2.75) is 30.6 Å². The van der Waals surface area contributed by atoms with Crippen molar-refractivity contribution in [3.8, 4) is 0 Å². The first-order valence-electron chi connectivity index (χ1n) is 7.91. The molecule has 0 aliphatic carbocycles. The smallest absolute Gasteiger partial charge is 0.191 e. The molecule has 0 aliphatic heterocycles. The molecule has 0 aliphatic rings. The van der Waals surface area contributed by atoms with Gasteiger partial charge in [-0.15, -0.1) is 11.3 Å². The van der Waals surface area contributed by atoms with Gasteiger partial charge in [0, 0.05) is 30.4 Å². The molecule has 124 valence electrons. The molecule has 0 spiro atoms. The Balaban J connectivity index is 1.77. The van der Waals surface area contributed by atoms with Crippen molar-refractivity contribution in [3.63, 3.8) is 0 Å². The van der Waals surface area contributed by atoms with E-state index in [0.717, 1.165) is 35.6 Å². The van der Waals surface area contributed by atoms with E-state index in [2.05, 4.69) is 58.7 Å². The highest BCUT2D eigenvalue weighted by atomic mass is 32.2. The van der Waals surface area contributed by atoms with Gasteiger partial charge in [-0.3, -0.25) is 4.99 Å². The third-order valence-corrected chi connectivity index (χ3v) is 5.26. The summed E-state index contributed by atoms with van der Waals surface area (Å²) in [5.41, 5.74) is 1.26. The quantitative estimate of drug-likeness (QED) is 0.328. The van der Waals surface area contributed by atoms with E-state index in [1.807, 2.05) is 17.6 Å². The summed E-state index contributed by atoms with van der Waals surface area (Å²) in [6.45, 7) is 5.92. The van der Waals surface area contributed by atoms with Crippen LogP contribution in [0.3, 0.4) is 0 Å². The number of aliphatic imine (C=N–C) groups is 1. The van der Waals surface area contributed by atoms with E-state index in [1.165, 1.54) is 5.56 Å². The van der Waals surface area contributed by atoms with Gasteiger partial charge in [0.2, 0.25) is 0 Å². The molecule has 4 nitrogen and oxygen atoms in total. The van der Waals surface area contributed by atoms with Crippen LogP contribution in [0.25, 0.3) is 0 Å². The number of nitrogens with zero attached hydrogens (tertiary/aromatic N) is 2. The van der Waals surface area contributed by atoms with Crippen LogP contribution >= 0.6 is 23.1 Å². The summed E-state index contributed by atoms with van der Waals surface area (Å²) in [5.74, 6) is 1.92. The first-order chi connectivity index (χ1) is 11.3. The molecule has 1 aromatic carbocycles. The van der Waals surface area contributed by atoms with Crippen LogP contribution in [0.5, 0.6) is 0 Å². The monoisotopic (exact) mass is 348 g/mol. The Kier molecular flexibility index (Phi) is 7.97. The number of guanidine groups is 1. The summed E-state index contributed by atoms with van der Waals surface area (Å²) in [6, 6.07) is 10.7. The fourth-order valence-electron chi connectivity index (χ4n) is 2.05. The van der Waals surface area contributed by atoms with Crippen LogP contribution in [-0.2, 0) is 0 Å². The van der Waals surface area contributed by atoms with Crippen LogP contribution in [-0.4, -0.2) is 29.8 Å². The molecule has 0 saturated carbocycles. The number of benzene rings is 1. The lowest BCUT2D eigenvalue weighted by Crippen LogP contribution is -2.38. The molecule has 1 atom stereocenters. The van der Waals surface area contributed by atoms with Gasteiger partial charge in [-0.2, -0.15) is 0 Å². The van der Waals surface area contributed by atoms with Crippen molar-refractivity contribution in [2.75, 3.05) is 18.8 Å². The maximum Gasteiger partial charge on any atom is 0.191 e. The standard InChI is InChI=1S/C17H24N4S2/c1-3-18-16(21-14(2)15-8-5-4-6-9-15)19-10-7-12-22-17-20-11-13-23-17/h4-6,8-9,11,13-14H,3,7,10,12H2,1-2H3,(H2,18,19,21). The summed E-state index contributed by atoms with van der Waals surface area (Å²) in [6.07, 6.45) is 2.89. The van der Waals surface area contributed by atoms with Crippen LogP contribution in [0.4, 0.5) is 0 Å². The highest BCUT2D eigenvalue weighted by molar-refractivity contribution is 8.00. The maximum atomic E-state index is 4.66. The lowest BCUT2D eigenvalue weighted by molar-refractivity contribution is 0.685. The van der Waals surface area contributed by atoms with E-state index in [-0.39, 0.29) is 6.04 Å². The number of thioether (sulfide) groups is 1. The molecule has 1 unspecified atom stereocenters. The van der Waals surface area contributed by atoms with Crippen molar-refractivity contribution < 1.29 is 0 Å². The molecule has 2 N–H and O–H groups in total. The molecular formula is C17H24N4S2. The van der Waals surface area contributed by atoms with Gasteiger partial charge in [-0.05, 0) is 25.8 Å². The third kappa shape index (κ3) is 6.62. The Morgan fingerprint density at radius 2 is 2.17 bits per heavy atom. The second kappa shape index (κ2) is 10.3. The van der Waals surface area contributed by atoms with Crippen molar-refractivity contribution in [3.05, 3.63) is 47.5 Å². The van der Waals surface area contributed by atoms with Gasteiger partial charge >= 0.3 is 0 Å². The minimum Gasteiger partial charge on any atom is -0.357 e. The average Bonchev–Trinajstić information content (AvgIpc) is 3.09. The number of thiazole rings is 1. The fraction of sp³-hybridized carbons (Fsp3) is 0.412. The highest BCUT2D eigenvalue weighted by Crippen LogP contribution is 2.20. The van der Waals surface area contributed by atoms with E-state index >= 15 is 0 Å². The average molecular weight is 349 g/mol. The van der Waals surface area contributed by atoms with Crippen molar-refractivity contribution in [2.24, 2.45) is 4.99 Å². The normalized spacial score (nSPS) is 12.9. The molecule has 2 rings (SSSR count). The van der Waals surface area contributed by atoms with Gasteiger partial charge in [-0.1, -0.05) is 42.1 Å². The Hall–Kier alpha value is -1.53. The number of aromatic nitrogens is 1. The largest absolute Gasteiger partial charge is 0.357 e. The zero-order chi connectivity index (χ0) is 16.3. The van der Waals surface area contributed by atoms with Gasteiger partial charge in [0.25, 0.3) is 0 Å². The molecule has 2 aromatic rings. The first-order valence-corrected chi connectivity index (χ1v) is 9.78. The van der Waals surface area contributed by atoms with Gasteiger partial charge in [0.15, 0.2) is 5.96 Å². The maximum absolute atomic E-state index is 4.66. The molecule has 6 heteroatoms. The number of hydrogen-bond donors (Lipinski definition) is 2. The molecule has 0 amide bonds. The third-order valence-electron chi connectivity index (χ3n) is 3.20. The number of hydrogen-bond acceptors (Lipinski definition) is 4. The molecular weight excluding hydrogens is 324 g/mol. The van der Waals surface area contributed by atoms with Crippen LogP contribution < -0.4 is 10.6 Å². The second-order valence-corrected chi connectivity index (χ2v) is 7.27. The number of nitrogens with one attached hydrogen (secondary N) is 2. The van der Waals surface area contributed by atoms with Crippen molar-refractivity contribution in [1.82, 2.24) is 15.6 Å². The van der Waals surface area contributed by atoms with E-state index in [1.54, 1.807) is 23.1 Å². The van der Waals surface area contributed by atoms with Crippen molar-refractivity contribution in [1.29, 1.82) is 0 Å². The molecule has 23 heavy (non-hydrogen) atoms. The Morgan fingerprint density at radius 3 is 2.87 bits per heavy atom. The van der Waals surface area contributed by atoms with Gasteiger partial charge in [0.1, 0.15) is 4.34 Å². The molecule has 0 bridgehead atoms. The van der Waals surface area contributed by atoms with Crippen LogP contribution in [0, 0.1) is 0 Å². The van der Waals surface area contributed by atoms with Gasteiger partial charge in [-0.25, -0.2) is 4.98 Å². The Labute approximate surface area is 146 Å².